The molecule has 2 heterocycles. The zero-order valence-electron chi connectivity index (χ0n) is 12.0. The Morgan fingerprint density at radius 1 is 1.47 bits per heavy atom. The molecule has 1 aromatic rings. The molecule has 19 heavy (non-hydrogen) atoms. The van der Waals surface area contributed by atoms with Crippen LogP contribution in [-0.4, -0.2) is 38.5 Å². The average Bonchev–Trinajstić information content (AvgIpc) is 2.97. The van der Waals surface area contributed by atoms with Crippen LogP contribution in [0.25, 0.3) is 0 Å². The molecule has 0 radical (unpaired) electrons. The van der Waals surface area contributed by atoms with E-state index in [-0.39, 0.29) is 5.60 Å². The molecule has 1 aliphatic heterocycles. The Labute approximate surface area is 120 Å². The molecule has 0 amide bonds. The zero-order valence-corrected chi connectivity index (χ0v) is 12.8. The fourth-order valence-electron chi connectivity index (χ4n) is 2.96. The van der Waals surface area contributed by atoms with Gasteiger partial charge < -0.3 is 14.8 Å². The number of hydrogen-bond acceptors (Lipinski definition) is 4. The molecule has 1 aliphatic rings. The van der Waals surface area contributed by atoms with E-state index in [0.717, 1.165) is 45.4 Å². The lowest BCUT2D eigenvalue weighted by atomic mass is 9.83. The fourth-order valence-corrected chi connectivity index (χ4v) is 3.66. The van der Waals surface area contributed by atoms with E-state index in [2.05, 4.69) is 29.1 Å². The first-order valence-corrected chi connectivity index (χ1v) is 8.12. The van der Waals surface area contributed by atoms with Gasteiger partial charge in [0.1, 0.15) is 0 Å². The summed E-state index contributed by atoms with van der Waals surface area (Å²) in [6.45, 7) is 4.78. The average molecular weight is 283 g/mol. The number of hydrogen-bond donors (Lipinski definition) is 1. The van der Waals surface area contributed by atoms with Gasteiger partial charge in [-0.15, -0.1) is 0 Å². The lowest BCUT2D eigenvalue weighted by molar-refractivity contribution is -0.111. The summed E-state index contributed by atoms with van der Waals surface area (Å²) in [4.78, 5) is 0. The molecule has 1 fully saturated rings. The minimum Gasteiger partial charge on any atom is -0.381 e. The largest absolute Gasteiger partial charge is 0.381 e. The Hall–Kier alpha value is -0.420. The number of methoxy groups -OCH3 is 1. The third kappa shape index (κ3) is 3.78. The molecule has 4 heteroatoms. The topological polar surface area (TPSA) is 30.5 Å². The minimum absolute atomic E-state index is 0.0513. The van der Waals surface area contributed by atoms with Crippen LogP contribution in [0.1, 0.15) is 31.7 Å². The van der Waals surface area contributed by atoms with Gasteiger partial charge in [0.2, 0.25) is 0 Å². The summed E-state index contributed by atoms with van der Waals surface area (Å²) < 4.78 is 11.4. The van der Waals surface area contributed by atoms with Crippen LogP contribution in [0.4, 0.5) is 0 Å². The summed E-state index contributed by atoms with van der Waals surface area (Å²) in [5.41, 5.74) is 1.39. The molecule has 0 aromatic carbocycles. The Kier molecular flexibility index (Phi) is 5.82. The van der Waals surface area contributed by atoms with E-state index in [1.165, 1.54) is 5.56 Å². The van der Waals surface area contributed by atoms with E-state index >= 15 is 0 Å². The van der Waals surface area contributed by atoms with Gasteiger partial charge in [0.15, 0.2) is 0 Å². The number of likely N-dealkylation sites (N-methyl/N-ethyl adjacent to an activating group) is 1. The number of thiophene rings is 1. The maximum Gasteiger partial charge on any atom is 0.0874 e. The second-order valence-electron chi connectivity index (χ2n) is 5.16. The number of nitrogens with one attached hydrogen (secondary N) is 1. The highest BCUT2D eigenvalue weighted by Crippen LogP contribution is 2.30. The monoisotopic (exact) mass is 283 g/mol. The molecule has 2 rings (SSSR count). The van der Waals surface area contributed by atoms with Crippen molar-refractivity contribution in [3.8, 4) is 0 Å². The summed E-state index contributed by atoms with van der Waals surface area (Å²) >= 11 is 1.77. The van der Waals surface area contributed by atoms with Crippen LogP contribution in [-0.2, 0) is 15.9 Å². The maximum absolute atomic E-state index is 5.92. The van der Waals surface area contributed by atoms with Crippen molar-refractivity contribution in [3.63, 3.8) is 0 Å². The van der Waals surface area contributed by atoms with Crippen molar-refractivity contribution in [2.24, 2.45) is 0 Å². The van der Waals surface area contributed by atoms with Gasteiger partial charge in [-0.2, -0.15) is 11.3 Å². The summed E-state index contributed by atoms with van der Waals surface area (Å²) in [5.74, 6) is 0. The van der Waals surface area contributed by atoms with E-state index in [0.29, 0.717) is 6.04 Å². The van der Waals surface area contributed by atoms with Crippen LogP contribution >= 0.6 is 11.3 Å². The lowest BCUT2D eigenvalue weighted by Crippen LogP contribution is -2.55. The number of ether oxygens (including phenoxy) is 2. The number of rotatable bonds is 7. The Morgan fingerprint density at radius 3 is 2.84 bits per heavy atom. The summed E-state index contributed by atoms with van der Waals surface area (Å²) in [6.07, 6.45) is 4.22. The predicted molar refractivity (Wildman–Crippen MR) is 79.9 cm³/mol. The second kappa shape index (κ2) is 7.39. The van der Waals surface area contributed by atoms with E-state index in [1.54, 1.807) is 11.3 Å². The highest BCUT2D eigenvalue weighted by molar-refractivity contribution is 7.07. The third-order valence-corrected chi connectivity index (χ3v) is 4.87. The molecule has 1 saturated heterocycles. The molecule has 1 atom stereocenters. The van der Waals surface area contributed by atoms with Gasteiger partial charge in [0.05, 0.1) is 5.60 Å². The van der Waals surface area contributed by atoms with Crippen LogP contribution in [0.3, 0.4) is 0 Å². The van der Waals surface area contributed by atoms with Crippen molar-refractivity contribution in [1.82, 2.24) is 5.32 Å². The summed E-state index contributed by atoms with van der Waals surface area (Å²) in [7, 11) is 1.85. The van der Waals surface area contributed by atoms with Crippen molar-refractivity contribution in [1.29, 1.82) is 0 Å². The Morgan fingerprint density at radius 2 is 2.26 bits per heavy atom. The van der Waals surface area contributed by atoms with Crippen LogP contribution in [0.15, 0.2) is 16.8 Å². The molecule has 1 unspecified atom stereocenters. The normalized spacial score (nSPS) is 20.3. The molecular formula is C15H25NO2S. The van der Waals surface area contributed by atoms with Crippen molar-refractivity contribution in [2.45, 2.75) is 44.2 Å². The Bertz CT molecular complexity index is 347. The van der Waals surface area contributed by atoms with Gasteiger partial charge in [-0.3, -0.25) is 0 Å². The van der Waals surface area contributed by atoms with Crippen molar-refractivity contribution in [2.75, 3.05) is 26.9 Å². The van der Waals surface area contributed by atoms with E-state index < -0.39 is 0 Å². The van der Waals surface area contributed by atoms with E-state index in [4.69, 9.17) is 9.47 Å². The SMILES string of the molecule is CCNC(CCc1ccsc1)C1(OC)CCOCC1. The molecule has 0 bridgehead atoms. The van der Waals surface area contributed by atoms with Gasteiger partial charge in [-0.25, -0.2) is 0 Å². The smallest absolute Gasteiger partial charge is 0.0874 e. The quantitative estimate of drug-likeness (QED) is 0.834. The zero-order chi connectivity index (χ0) is 13.6. The van der Waals surface area contributed by atoms with E-state index in [9.17, 15) is 0 Å². The fraction of sp³-hybridized carbons (Fsp3) is 0.733. The van der Waals surface area contributed by atoms with Gasteiger partial charge in [-0.1, -0.05) is 6.92 Å². The van der Waals surface area contributed by atoms with Gasteiger partial charge in [-0.05, 0) is 41.8 Å². The number of aryl methyl sites for hydroxylation is 1. The first kappa shape index (κ1) is 15.0. The third-order valence-electron chi connectivity index (χ3n) is 4.13. The molecule has 0 aliphatic carbocycles. The van der Waals surface area contributed by atoms with Gasteiger partial charge in [0.25, 0.3) is 0 Å². The van der Waals surface area contributed by atoms with Crippen LogP contribution in [0.5, 0.6) is 0 Å². The summed E-state index contributed by atoms with van der Waals surface area (Å²) in [6, 6.07) is 2.63. The first-order valence-electron chi connectivity index (χ1n) is 7.18. The van der Waals surface area contributed by atoms with Crippen molar-refractivity contribution < 1.29 is 9.47 Å². The highest BCUT2D eigenvalue weighted by Gasteiger charge is 2.39. The predicted octanol–water partition coefficient (Wildman–Crippen LogP) is 2.85. The first-order chi connectivity index (χ1) is 9.30. The maximum atomic E-state index is 5.92. The molecule has 0 saturated carbocycles. The van der Waals surface area contributed by atoms with Crippen molar-refractivity contribution in [3.05, 3.63) is 22.4 Å². The van der Waals surface area contributed by atoms with Crippen molar-refractivity contribution >= 4 is 11.3 Å². The Balaban J connectivity index is 2.00. The molecule has 1 N–H and O–H groups in total. The highest BCUT2D eigenvalue weighted by atomic mass is 32.1. The second-order valence-corrected chi connectivity index (χ2v) is 5.94. The molecule has 3 nitrogen and oxygen atoms in total. The van der Waals surface area contributed by atoms with E-state index in [1.807, 2.05) is 7.11 Å². The summed E-state index contributed by atoms with van der Waals surface area (Å²) in [5, 5.41) is 8.02. The van der Waals surface area contributed by atoms with Gasteiger partial charge >= 0.3 is 0 Å². The van der Waals surface area contributed by atoms with Crippen LogP contribution in [0, 0.1) is 0 Å². The molecule has 0 spiro atoms. The lowest BCUT2D eigenvalue weighted by Gasteiger charge is -2.42. The standard InChI is InChI=1S/C15H25NO2S/c1-3-16-14(5-4-13-6-11-19-12-13)15(17-2)7-9-18-10-8-15/h6,11-12,14,16H,3-5,7-10H2,1-2H3. The molecular weight excluding hydrogens is 258 g/mol. The van der Waals surface area contributed by atoms with Crippen LogP contribution in [0.2, 0.25) is 0 Å². The molecule has 108 valence electrons. The van der Waals surface area contributed by atoms with Crippen LogP contribution < -0.4 is 5.32 Å². The minimum atomic E-state index is -0.0513. The molecule has 1 aromatic heterocycles. The van der Waals surface area contributed by atoms with Gasteiger partial charge in [0, 0.05) is 39.2 Å².